The van der Waals surface area contributed by atoms with Crippen LogP contribution in [0, 0.1) is 25.6 Å². The second-order valence-electron chi connectivity index (χ2n) is 7.82. The van der Waals surface area contributed by atoms with Gasteiger partial charge in [0.15, 0.2) is 5.82 Å². The van der Waals surface area contributed by atoms with Crippen LogP contribution in [0.1, 0.15) is 24.0 Å². The molecule has 2 aromatic carbocycles. The van der Waals surface area contributed by atoms with Gasteiger partial charge in [0.1, 0.15) is 11.6 Å². The number of ether oxygens (including phenoxy) is 1. The van der Waals surface area contributed by atoms with Crippen LogP contribution in [0.15, 0.2) is 54.9 Å². The molecule has 1 aliphatic rings. The van der Waals surface area contributed by atoms with Gasteiger partial charge in [-0.15, -0.1) is 0 Å². The van der Waals surface area contributed by atoms with E-state index in [0.717, 1.165) is 5.56 Å². The lowest BCUT2D eigenvalue weighted by molar-refractivity contribution is -0.120. The molecular weight excluding hydrogens is 395 g/mol. The molecule has 1 aliphatic heterocycles. The molecule has 4 rings (SSSR count). The van der Waals surface area contributed by atoms with E-state index in [1.807, 2.05) is 31.2 Å². The first kappa shape index (κ1) is 20.8. The molecule has 1 aromatic heterocycles. The maximum absolute atomic E-state index is 13.7. The van der Waals surface area contributed by atoms with E-state index in [1.165, 1.54) is 6.07 Å². The van der Waals surface area contributed by atoms with Crippen molar-refractivity contribution in [1.29, 1.82) is 0 Å². The highest BCUT2D eigenvalue weighted by Gasteiger charge is 2.27. The summed E-state index contributed by atoms with van der Waals surface area (Å²) in [6, 6.07) is 12.5. The molecule has 1 fully saturated rings. The topological polar surface area (TPSA) is 67.4 Å². The molecule has 1 N–H and O–H groups in total. The van der Waals surface area contributed by atoms with E-state index in [0.29, 0.717) is 54.6 Å². The van der Waals surface area contributed by atoms with Gasteiger partial charge in [-0.3, -0.25) is 4.79 Å². The average molecular weight is 420 g/mol. The fourth-order valence-electron chi connectivity index (χ4n) is 3.67. The molecule has 7 heteroatoms. The standard InChI is InChI=1S/C24H25FN4O2/c1-16-4-3-5-20(14-16)31-24-22(26-10-11-27-24)29-12-8-18(9-13-29)23(30)28-19-7-6-17(2)21(25)15-19/h3-7,10-11,14-15,18H,8-9,12-13H2,1-2H3,(H,28,30). The Labute approximate surface area is 181 Å². The number of piperidine rings is 1. The van der Waals surface area contributed by atoms with E-state index >= 15 is 0 Å². The van der Waals surface area contributed by atoms with Crippen molar-refractivity contribution in [2.45, 2.75) is 26.7 Å². The van der Waals surface area contributed by atoms with Gasteiger partial charge in [-0.05, 0) is 62.1 Å². The van der Waals surface area contributed by atoms with Crippen LogP contribution in [0.25, 0.3) is 0 Å². The summed E-state index contributed by atoms with van der Waals surface area (Å²) in [7, 11) is 0. The first-order valence-electron chi connectivity index (χ1n) is 10.4. The van der Waals surface area contributed by atoms with Crippen molar-refractivity contribution < 1.29 is 13.9 Å². The Hall–Kier alpha value is -3.48. The summed E-state index contributed by atoms with van der Waals surface area (Å²) in [5, 5.41) is 2.83. The van der Waals surface area contributed by atoms with Crippen molar-refractivity contribution in [2.24, 2.45) is 5.92 Å². The molecular formula is C24H25FN4O2. The first-order chi connectivity index (χ1) is 15.0. The SMILES string of the molecule is Cc1cccc(Oc2nccnc2N2CCC(C(=O)Nc3ccc(C)c(F)c3)CC2)c1. The molecule has 0 saturated carbocycles. The summed E-state index contributed by atoms with van der Waals surface area (Å²) in [6.45, 7) is 5.01. The second kappa shape index (κ2) is 9.12. The lowest BCUT2D eigenvalue weighted by Crippen LogP contribution is -2.38. The second-order valence-corrected chi connectivity index (χ2v) is 7.82. The van der Waals surface area contributed by atoms with E-state index in [-0.39, 0.29) is 17.6 Å². The van der Waals surface area contributed by atoms with Gasteiger partial charge < -0.3 is 15.0 Å². The van der Waals surface area contributed by atoms with Crippen LogP contribution in [0.3, 0.4) is 0 Å². The number of aryl methyl sites for hydroxylation is 2. The zero-order chi connectivity index (χ0) is 21.8. The molecule has 1 amide bonds. The maximum atomic E-state index is 13.7. The number of nitrogens with zero attached hydrogens (tertiary/aromatic N) is 3. The zero-order valence-electron chi connectivity index (χ0n) is 17.6. The van der Waals surface area contributed by atoms with Gasteiger partial charge in [-0.1, -0.05) is 18.2 Å². The molecule has 6 nitrogen and oxygen atoms in total. The normalized spacial score (nSPS) is 14.4. The molecule has 2 heterocycles. The molecule has 1 saturated heterocycles. The molecule has 160 valence electrons. The van der Waals surface area contributed by atoms with E-state index < -0.39 is 0 Å². The number of carbonyl (C=O) groups excluding carboxylic acids is 1. The molecule has 31 heavy (non-hydrogen) atoms. The third-order valence-corrected chi connectivity index (χ3v) is 5.46. The Morgan fingerprint density at radius 1 is 1.10 bits per heavy atom. The predicted molar refractivity (Wildman–Crippen MR) is 118 cm³/mol. The highest BCUT2D eigenvalue weighted by molar-refractivity contribution is 5.92. The van der Waals surface area contributed by atoms with Gasteiger partial charge >= 0.3 is 0 Å². The minimum absolute atomic E-state index is 0.0849. The van der Waals surface area contributed by atoms with Gasteiger partial charge in [-0.25, -0.2) is 14.4 Å². The van der Waals surface area contributed by atoms with Gasteiger partial charge in [0.2, 0.25) is 5.91 Å². The Bertz CT molecular complexity index is 1080. The van der Waals surface area contributed by atoms with E-state index in [9.17, 15) is 9.18 Å². The Kier molecular flexibility index (Phi) is 6.11. The molecule has 0 aliphatic carbocycles. The molecule has 0 atom stereocenters. The van der Waals surface area contributed by atoms with E-state index in [1.54, 1.807) is 31.5 Å². The van der Waals surface area contributed by atoms with Crippen molar-refractivity contribution in [3.8, 4) is 11.6 Å². The van der Waals surface area contributed by atoms with Crippen molar-refractivity contribution in [3.05, 3.63) is 71.8 Å². The summed E-state index contributed by atoms with van der Waals surface area (Å²) in [4.78, 5) is 23.6. The third-order valence-electron chi connectivity index (χ3n) is 5.46. The van der Waals surface area contributed by atoms with Crippen LogP contribution >= 0.6 is 0 Å². The number of carbonyl (C=O) groups is 1. The summed E-state index contributed by atoms with van der Waals surface area (Å²) in [6.07, 6.45) is 4.58. The molecule has 0 bridgehead atoms. The molecule has 3 aromatic rings. The smallest absolute Gasteiger partial charge is 0.263 e. The summed E-state index contributed by atoms with van der Waals surface area (Å²) in [5.41, 5.74) is 2.14. The van der Waals surface area contributed by atoms with Crippen LogP contribution < -0.4 is 15.0 Å². The number of hydrogen-bond acceptors (Lipinski definition) is 5. The van der Waals surface area contributed by atoms with Crippen LogP contribution in [-0.2, 0) is 4.79 Å². The number of rotatable bonds is 5. The van der Waals surface area contributed by atoms with Crippen LogP contribution in [-0.4, -0.2) is 29.0 Å². The molecule has 0 unspecified atom stereocenters. The Morgan fingerprint density at radius 2 is 1.87 bits per heavy atom. The summed E-state index contributed by atoms with van der Waals surface area (Å²) < 4.78 is 19.7. The number of anilines is 2. The minimum atomic E-state index is -0.323. The third kappa shape index (κ3) is 4.99. The summed E-state index contributed by atoms with van der Waals surface area (Å²) in [5.74, 6) is 1.28. The fraction of sp³-hybridized carbons (Fsp3) is 0.292. The monoisotopic (exact) mass is 420 g/mol. The first-order valence-corrected chi connectivity index (χ1v) is 10.4. The van der Waals surface area contributed by atoms with Crippen LogP contribution in [0.2, 0.25) is 0 Å². The average Bonchev–Trinajstić information content (AvgIpc) is 2.77. The van der Waals surface area contributed by atoms with Gasteiger partial charge in [0.25, 0.3) is 5.88 Å². The number of hydrogen-bond donors (Lipinski definition) is 1. The lowest BCUT2D eigenvalue weighted by atomic mass is 9.95. The van der Waals surface area contributed by atoms with E-state index in [4.69, 9.17) is 4.74 Å². The number of halogens is 1. The predicted octanol–water partition coefficient (Wildman–Crippen LogP) is 4.88. The van der Waals surface area contributed by atoms with Crippen LogP contribution in [0.4, 0.5) is 15.9 Å². The largest absolute Gasteiger partial charge is 0.436 e. The van der Waals surface area contributed by atoms with Crippen molar-refractivity contribution in [1.82, 2.24) is 9.97 Å². The number of benzene rings is 2. The number of aromatic nitrogens is 2. The Morgan fingerprint density at radius 3 is 2.61 bits per heavy atom. The quantitative estimate of drug-likeness (QED) is 0.637. The van der Waals surface area contributed by atoms with Crippen molar-refractivity contribution in [3.63, 3.8) is 0 Å². The highest BCUT2D eigenvalue weighted by Crippen LogP contribution is 2.31. The minimum Gasteiger partial charge on any atom is -0.436 e. The summed E-state index contributed by atoms with van der Waals surface area (Å²) >= 11 is 0. The molecule has 0 radical (unpaired) electrons. The number of amides is 1. The zero-order valence-corrected chi connectivity index (χ0v) is 17.6. The lowest BCUT2D eigenvalue weighted by Gasteiger charge is -2.32. The van der Waals surface area contributed by atoms with Crippen molar-refractivity contribution in [2.75, 3.05) is 23.3 Å². The number of nitrogens with one attached hydrogen (secondary N) is 1. The van der Waals surface area contributed by atoms with Gasteiger partial charge in [0, 0.05) is 37.1 Å². The van der Waals surface area contributed by atoms with Gasteiger partial charge in [-0.2, -0.15) is 0 Å². The maximum Gasteiger partial charge on any atom is 0.263 e. The van der Waals surface area contributed by atoms with Crippen molar-refractivity contribution >= 4 is 17.4 Å². The van der Waals surface area contributed by atoms with Gasteiger partial charge in [0.05, 0.1) is 0 Å². The highest BCUT2D eigenvalue weighted by atomic mass is 19.1. The van der Waals surface area contributed by atoms with E-state index in [2.05, 4.69) is 20.2 Å². The fourth-order valence-corrected chi connectivity index (χ4v) is 3.67. The molecule has 0 spiro atoms. The van der Waals surface area contributed by atoms with Crippen LogP contribution in [0.5, 0.6) is 11.6 Å². The Balaban J connectivity index is 1.39.